The van der Waals surface area contributed by atoms with Crippen LogP contribution >= 0.6 is 11.6 Å². The molecule has 16 heavy (non-hydrogen) atoms. The largest absolute Gasteiger partial charge is 0.493 e. The Balaban J connectivity index is 3.40. The third-order valence-corrected chi connectivity index (χ3v) is 2.14. The third kappa shape index (κ3) is 2.43. The SMILES string of the molecule is COc1c(Cl)ccc(C(=O)O)c1NC(C)=O. The number of halogens is 1. The highest BCUT2D eigenvalue weighted by Crippen LogP contribution is 2.35. The van der Waals surface area contributed by atoms with Crippen LogP contribution in [0.15, 0.2) is 12.1 Å². The predicted molar refractivity (Wildman–Crippen MR) is 59.3 cm³/mol. The van der Waals surface area contributed by atoms with Crippen molar-refractivity contribution in [2.24, 2.45) is 0 Å². The predicted octanol–water partition coefficient (Wildman–Crippen LogP) is 2.01. The highest BCUT2D eigenvalue weighted by Gasteiger charge is 2.18. The molecule has 1 rings (SSSR count). The number of hydrogen-bond acceptors (Lipinski definition) is 3. The Morgan fingerprint density at radius 1 is 1.44 bits per heavy atom. The van der Waals surface area contributed by atoms with Gasteiger partial charge in [-0.2, -0.15) is 0 Å². The van der Waals surface area contributed by atoms with E-state index in [9.17, 15) is 9.59 Å². The minimum Gasteiger partial charge on any atom is -0.493 e. The maximum Gasteiger partial charge on any atom is 0.337 e. The van der Waals surface area contributed by atoms with Gasteiger partial charge in [0.25, 0.3) is 0 Å². The lowest BCUT2D eigenvalue weighted by molar-refractivity contribution is -0.114. The highest BCUT2D eigenvalue weighted by molar-refractivity contribution is 6.33. The van der Waals surface area contributed by atoms with Crippen molar-refractivity contribution in [3.63, 3.8) is 0 Å². The summed E-state index contributed by atoms with van der Waals surface area (Å²) in [6.45, 7) is 1.27. The fourth-order valence-electron chi connectivity index (χ4n) is 1.24. The average Bonchev–Trinajstić information content (AvgIpc) is 2.16. The molecule has 0 aliphatic rings. The van der Waals surface area contributed by atoms with Gasteiger partial charge in [-0.25, -0.2) is 4.79 Å². The smallest absolute Gasteiger partial charge is 0.337 e. The number of carbonyl (C=O) groups excluding carboxylic acids is 1. The number of carboxylic acids is 1. The quantitative estimate of drug-likeness (QED) is 0.851. The van der Waals surface area contributed by atoms with Crippen LogP contribution in [0.4, 0.5) is 5.69 Å². The van der Waals surface area contributed by atoms with Gasteiger partial charge in [-0.1, -0.05) is 11.6 Å². The Kier molecular flexibility index (Phi) is 3.73. The van der Waals surface area contributed by atoms with Gasteiger partial charge in [-0.05, 0) is 12.1 Å². The molecule has 0 fully saturated rings. The van der Waals surface area contributed by atoms with Crippen LogP contribution in [0.3, 0.4) is 0 Å². The average molecular weight is 244 g/mol. The number of hydrogen-bond donors (Lipinski definition) is 2. The molecular weight excluding hydrogens is 234 g/mol. The van der Waals surface area contributed by atoms with Crippen molar-refractivity contribution < 1.29 is 19.4 Å². The minimum atomic E-state index is -1.17. The maximum atomic E-state index is 11.0. The highest BCUT2D eigenvalue weighted by atomic mass is 35.5. The summed E-state index contributed by atoms with van der Waals surface area (Å²) in [5.41, 5.74) is -0.00792. The van der Waals surface area contributed by atoms with Gasteiger partial charge in [0.05, 0.1) is 23.4 Å². The van der Waals surface area contributed by atoms with Crippen LogP contribution in [0.5, 0.6) is 5.75 Å². The zero-order valence-electron chi connectivity index (χ0n) is 8.70. The topological polar surface area (TPSA) is 75.6 Å². The molecule has 0 atom stereocenters. The number of rotatable bonds is 3. The van der Waals surface area contributed by atoms with E-state index in [0.717, 1.165) is 0 Å². The van der Waals surface area contributed by atoms with Crippen LogP contribution in [0.1, 0.15) is 17.3 Å². The molecule has 0 spiro atoms. The van der Waals surface area contributed by atoms with Crippen LogP contribution in [0, 0.1) is 0 Å². The summed E-state index contributed by atoms with van der Waals surface area (Å²) >= 11 is 5.82. The molecule has 5 nitrogen and oxygen atoms in total. The van der Waals surface area contributed by atoms with Gasteiger partial charge >= 0.3 is 5.97 Å². The zero-order chi connectivity index (χ0) is 12.3. The van der Waals surface area contributed by atoms with Crippen molar-refractivity contribution in [3.8, 4) is 5.75 Å². The summed E-state index contributed by atoms with van der Waals surface area (Å²) in [6.07, 6.45) is 0. The Bertz CT molecular complexity index is 445. The first-order chi connectivity index (χ1) is 7.47. The van der Waals surface area contributed by atoms with Crippen molar-refractivity contribution in [3.05, 3.63) is 22.7 Å². The molecule has 86 valence electrons. The summed E-state index contributed by atoms with van der Waals surface area (Å²) in [4.78, 5) is 21.9. The Labute approximate surface area is 97.0 Å². The number of anilines is 1. The van der Waals surface area contributed by atoms with Crippen LogP contribution in [-0.4, -0.2) is 24.1 Å². The zero-order valence-corrected chi connectivity index (χ0v) is 9.46. The van der Waals surface area contributed by atoms with Crippen molar-refractivity contribution in [1.82, 2.24) is 0 Å². The molecule has 0 saturated carbocycles. The molecule has 0 heterocycles. The van der Waals surface area contributed by atoms with Crippen LogP contribution in [0.2, 0.25) is 5.02 Å². The van der Waals surface area contributed by atoms with Crippen LogP contribution < -0.4 is 10.1 Å². The molecule has 1 aromatic carbocycles. The molecular formula is C10H10ClNO4. The number of carboxylic acid groups (broad SMARTS) is 1. The second-order valence-electron chi connectivity index (χ2n) is 2.99. The molecule has 6 heteroatoms. The number of aromatic carboxylic acids is 1. The first-order valence-electron chi connectivity index (χ1n) is 4.34. The Morgan fingerprint density at radius 3 is 2.50 bits per heavy atom. The fraction of sp³-hybridized carbons (Fsp3) is 0.200. The summed E-state index contributed by atoms with van der Waals surface area (Å²) in [5.74, 6) is -1.43. The van der Waals surface area contributed by atoms with E-state index < -0.39 is 11.9 Å². The lowest BCUT2D eigenvalue weighted by atomic mass is 10.1. The van der Waals surface area contributed by atoms with E-state index in [2.05, 4.69) is 5.32 Å². The van der Waals surface area contributed by atoms with Gasteiger partial charge in [0.15, 0.2) is 5.75 Å². The van der Waals surface area contributed by atoms with Crippen LogP contribution in [0.25, 0.3) is 0 Å². The van der Waals surface area contributed by atoms with Gasteiger partial charge in [0.1, 0.15) is 0 Å². The van der Waals surface area contributed by atoms with E-state index in [1.807, 2.05) is 0 Å². The monoisotopic (exact) mass is 243 g/mol. The molecule has 0 aromatic heterocycles. The summed E-state index contributed by atoms with van der Waals surface area (Å²) in [5, 5.41) is 11.6. The minimum absolute atomic E-state index is 0.0648. The summed E-state index contributed by atoms with van der Waals surface area (Å²) in [7, 11) is 1.35. The first kappa shape index (κ1) is 12.3. The normalized spacial score (nSPS) is 9.69. The van der Waals surface area contributed by atoms with Crippen LogP contribution in [-0.2, 0) is 4.79 Å². The summed E-state index contributed by atoms with van der Waals surface area (Å²) in [6, 6.07) is 2.70. The molecule has 0 unspecified atom stereocenters. The number of nitrogens with one attached hydrogen (secondary N) is 1. The summed E-state index contributed by atoms with van der Waals surface area (Å²) < 4.78 is 4.96. The maximum absolute atomic E-state index is 11.0. The van der Waals surface area contributed by atoms with Gasteiger partial charge in [-0.3, -0.25) is 4.79 Å². The lowest BCUT2D eigenvalue weighted by Crippen LogP contribution is -2.12. The van der Waals surface area contributed by atoms with Gasteiger partial charge in [0, 0.05) is 6.92 Å². The van der Waals surface area contributed by atoms with E-state index in [1.54, 1.807) is 0 Å². The third-order valence-electron chi connectivity index (χ3n) is 1.85. The van der Waals surface area contributed by atoms with Crippen molar-refractivity contribution in [2.45, 2.75) is 6.92 Å². The molecule has 0 saturated heterocycles. The lowest BCUT2D eigenvalue weighted by Gasteiger charge is -2.13. The van der Waals surface area contributed by atoms with E-state index in [4.69, 9.17) is 21.4 Å². The Hall–Kier alpha value is -1.75. The van der Waals surface area contributed by atoms with Gasteiger partial charge in [-0.15, -0.1) is 0 Å². The number of ether oxygens (including phenoxy) is 1. The molecule has 2 N–H and O–H groups in total. The van der Waals surface area contributed by atoms with E-state index >= 15 is 0 Å². The molecule has 1 amide bonds. The molecule has 0 aliphatic heterocycles. The van der Waals surface area contributed by atoms with E-state index in [0.29, 0.717) is 0 Å². The second kappa shape index (κ2) is 4.85. The van der Waals surface area contributed by atoms with Crippen molar-refractivity contribution in [1.29, 1.82) is 0 Å². The molecule has 1 aromatic rings. The first-order valence-corrected chi connectivity index (χ1v) is 4.72. The van der Waals surface area contributed by atoms with Crippen molar-refractivity contribution >= 4 is 29.2 Å². The Morgan fingerprint density at radius 2 is 2.06 bits per heavy atom. The number of carbonyl (C=O) groups is 2. The number of methoxy groups -OCH3 is 1. The number of benzene rings is 1. The molecule has 0 radical (unpaired) electrons. The number of amides is 1. The second-order valence-corrected chi connectivity index (χ2v) is 3.40. The fourth-order valence-corrected chi connectivity index (χ4v) is 1.47. The van der Waals surface area contributed by atoms with Crippen molar-refractivity contribution in [2.75, 3.05) is 12.4 Å². The van der Waals surface area contributed by atoms with E-state index in [1.165, 1.54) is 26.2 Å². The molecule has 0 aliphatic carbocycles. The van der Waals surface area contributed by atoms with Gasteiger partial charge in [0.2, 0.25) is 5.91 Å². The van der Waals surface area contributed by atoms with Gasteiger partial charge < -0.3 is 15.2 Å². The standard InChI is InChI=1S/C10H10ClNO4/c1-5(13)12-8-6(10(14)15)3-4-7(11)9(8)16-2/h3-4H,1-2H3,(H,12,13)(H,14,15). The van der Waals surface area contributed by atoms with E-state index in [-0.39, 0.29) is 22.0 Å². The molecule has 0 bridgehead atoms.